The summed E-state index contributed by atoms with van der Waals surface area (Å²) in [5.41, 5.74) is 9.48. The van der Waals surface area contributed by atoms with E-state index in [1.807, 2.05) is 42.5 Å². The van der Waals surface area contributed by atoms with Crippen LogP contribution in [-0.2, 0) is 22.6 Å². The van der Waals surface area contributed by atoms with E-state index in [4.69, 9.17) is 22.1 Å². The van der Waals surface area contributed by atoms with Crippen molar-refractivity contribution < 1.29 is 14.3 Å². The molecule has 2 aliphatic rings. The molecule has 9 nitrogen and oxygen atoms in total. The fraction of sp³-hybridized carbons (Fsp3) is 0.357. The highest BCUT2D eigenvalue weighted by atomic mass is 35.5. The number of benzene rings is 2. The van der Waals surface area contributed by atoms with E-state index in [1.54, 1.807) is 22.1 Å². The molecule has 0 spiro atoms. The molecule has 1 fully saturated rings. The number of anilines is 1. The Morgan fingerprint density at radius 3 is 2.74 bits per heavy atom. The predicted molar refractivity (Wildman–Crippen MR) is 146 cm³/mol. The lowest BCUT2D eigenvalue weighted by atomic mass is 10.0. The standard InChI is InChI=1S/C28H31ClN6O3/c29-24-15-31-28(32-22-8-12-38-13-9-22)33-26(24)20-6-7-21-17-35(27(37)23(21)14-20)18-25(36)34(11-10-30)16-19-4-2-1-3-5-19/h1-7,14-15,22H,8-13,16-18,30H2,(H,31,32,33). The number of hydrogen-bond donors (Lipinski definition) is 2. The summed E-state index contributed by atoms with van der Waals surface area (Å²) in [5, 5.41) is 3.76. The minimum absolute atomic E-state index is 0.0108. The van der Waals surface area contributed by atoms with Crippen LogP contribution in [0.2, 0.25) is 5.02 Å². The summed E-state index contributed by atoms with van der Waals surface area (Å²) in [5.74, 6) is 0.172. The van der Waals surface area contributed by atoms with Crippen molar-refractivity contribution >= 4 is 29.4 Å². The number of aromatic nitrogens is 2. The lowest BCUT2D eigenvalue weighted by Crippen LogP contribution is -2.42. The zero-order chi connectivity index (χ0) is 26.5. The molecule has 0 atom stereocenters. The molecule has 0 unspecified atom stereocenters. The highest BCUT2D eigenvalue weighted by Gasteiger charge is 2.31. The summed E-state index contributed by atoms with van der Waals surface area (Å²) in [6.45, 7) is 3.00. The van der Waals surface area contributed by atoms with Gasteiger partial charge in [-0.2, -0.15) is 0 Å². The molecule has 2 amide bonds. The second-order valence-corrected chi connectivity index (χ2v) is 9.95. The second kappa shape index (κ2) is 11.9. The van der Waals surface area contributed by atoms with Gasteiger partial charge < -0.3 is 25.6 Å². The van der Waals surface area contributed by atoms with Crippen LogP contribution in [0, 0.1) is 0 Å². The third-order valence-electron chi connectivity index (χ3n) is 6.85. The van der Waals surface area contributed by atoms with E-state index in [1.165, 1.54) is 0 Å². The lowest BCUT2D eigenvalue weighted by molar-refractivity contribution is -0.132. The monoisotopic (exact) mass is 534 g/mol. The van der Waals surface area contributed by atoms with E-state index < -0.39 is 0 Å². The number of carbonyl (C=O) groups excluding carboxylic acids is 2. The largest absolute Gasteiger partial charge is 0.381 e. The first-order chi connectivity index (χ1) is 18.5. The Bertz CT molecular complexity index is 1300. The minimum Gasteiger partial charge on any atom is -0.381 e. The smallest absolute Gasteiger partial charge is 0.254 e. The summed E-state index contributed by atoms with van der Waals surface area (Å²) in [4.78, 5) is 38.7. The van der Waals surface area contributed by atoms with Gasteiger partial charge in [-0.1, -0.05) is 54.1 Å². The van der Waals surface area contributed by atoms with Gasteiger partial charge in [-0.15, -0.1) is 0 Å². The van der Waals surface area contributed by atoms with Gasteiger partial charge in [0.05, 0.1) is 16.9 Å². The van der Waals surface area contributed by atoms with Crippen molar-refractivity contribution in [2.45, 2.75) is 32.0 Å². The number of ether oxygens (including phenoxy) is 1. The Hall–Kier alpha value is -3.53. The Labute approximate surface area is 227 Å². The van der Waals surface area contributed by atoms with Crippen molar-refractivity contribution in [1.82, 2.24) is 19.8 Å². The number of carbonyl (C=O) groups is 2. The summed E-state index contributed by atoms with van der Waals surface area (Å²) in [6.07, 6.45) is 3.35. The van der Waals surface area contributed by atoms with Gasteiger partial charge in [0, 0.05) is 56.6 Å². The zero-order valence-electron chi connectivity index (χ0n) is 21.1. The molecule has 0 aliphatic carbocycles. The number of hydrogen-bond acceptors (Lipinski definition) is 7. The Morgan fingerprint density at radius 2 is 1.97 bits per heavy atom. The first-order valence-corrected chi connectivity index (χ1v) is 13.2. The zero-order valence-corrected chi connectivity index (χ0v) is 21.9. The summed E-state index contributed by atoms with van der Waals surface area (Å²) in [6, 6.07) is 15.6. The molecule has 38 heavy (non-hydrogen) atoms. The molecule has 3 aromatic rings. The van der Waals surface area contributed by atoms with Crippen LogP contribution in [0.25, 0.3) is 11.3 Å². The van der Waals surface area contributed by atoms with Gasteiger partial charge in [-0.3, -0.25) is 9.59 Å². The number of rotatable bonds is 9. The third-order valence-corrected chi connectivity index (χ3v) is 7.13. The number of halogens is 1. The Balaban J connectivity index is 1.29. The Morgan fingerprint density at radius 1 is 1.18 bits per heavy atom. The summed E-state index contributed by atoms with van der Waals surface area (Å²) in [7, 11) is 0. The van der Waals surface area contributed by atoms with E-state index >= 15 is 0 Å². The topological polar surface area (TPSA) is 114 Å². The molecule has 3 heterocycles. The van der Waals surface area contributed by atoms with Crippen LogP contribution in [-0.4, -0.2) is 70.5 Å². The molecule has 10 heteroatoms. The number of nitrogens with zero attached hydrogens (tertiary/aromatic N) is 4. The summed E-state index contributed by atoms with van der Waals surface area (Å²) < 4.78 is 5.42. The number of amides is 2. The van der Waals surface area contributed by atoms with Gasteiger partial charge in [0.15, 0.2) is 0 Å². The van der Waals surface area contributed by atoms with Gasteiger partial charge in [0.25, 0.3) is 5.91 Å². The maximum absolute atomic E-state index is 13.3. The van der Waals surface area contributed by atoms with Gasteiger partial charge in [0.2, 0.25) is 11.9 Å². The molecule has 1 aromatic heterocycles. The van der Waals surface area contributed by atoms with E-state index in [0.29, 0.717) is 61.6 Å². The maximum atomic E-state index is 13.3. The van der Waals surface area contributed by atoms with Crippen LogP contribution in [0.15, 0.2) is 54.7 Å². The Kier molecular flexibility index (Phi) is 8.17. The first-order valence-electron chi connectivity index (χ1n) is 12.8. The summed E-state index contributed by atoms with van der Waals surface area (Å²) >= 11 is 6.46. The van der Waals surface area contributed by atoms with Crippen molar-refractivity contribution in [1.29, 1.82) is 0 Å². The molecular weight excluding hydrogens is 504 g/mol. The quantitative estimate of drug-likeness (QED) is 0.433. The molecule has 2 aliphatic heterocycles. The molecule has 0 radical (unpaired) electrons. The first kappa shape index (κ1) is 26.1. The molecule has 0 saturated carbocycles. The van der Waals surface area contributed by atoms with Crippen molar-refractivity contribution in [2.75, 3.05) is 38.2 Å². The average Bonchev–Trinajstić information content (AvgIpc) is 3.25. The second-order valence-electron chi connectivity index (χ2n) is 9.54. The van der Waals surface area contributed by atoms with E-state index in [0.717, 1.165) is 29.5 Å². The molecule has 0 bridgehead atoms. The van der Waals surface area contributed by atoms with E-state index in [9.17, 15) is 9.59 Å². The van der Waals surface area contributed by atoms with Gasteiger partial charge in [-0.05, 0) is 30.0 Å². The number of nitrogens with one attached hydrogen (secondary N) is 1. The van der Waals surface area contributed by atoms with Crippen LogP contribution < -0.4 is 11.1 Å². The van der Waals surface area contributed by atoms with Crippen molar-refractivity contribution in [3.63, 3.8) is 0 Å². The molecular formula is C28H31ClN6O3. The molecule has 5 rings (SSSR count). The van der Waals surface area contributed by atoms with Crippen LogP contribution in [0.3, 0.4) is 0 Å². The highest BCUT2D eigenvalue weighted by molar-refractivity contribution is 6.33. The fourth-order valence-electron chi connectivity index (χ4n) is 4.81. The molecule has 2 aromatic carbocycles. The maximum Gasteiger partial charge on any atom is 0.254 e. The van der Waals surface area contributed by atoms with Crippen LogP contribution in [0.4, 0.5) is 5.95 Å². The third kappa shape index (κ3) is 5.96. The van der Waals surface area contributed by atoms with E-state index in [-0.39, 0.29) is 24.4 Å². The van der Waals surface area contributed by atoms with Crippen molar-refractivity contribution in [3.05, 3.63) is 76.4 Å². The molecule has 1 saturated heterocycles. The van der Waals surface area contributed by atoms with Gasteiger partial charge in [0.1, 0.15) is 6.54 Å². The minimum atomic E-state index is -0.187. The normalized spacial score (nSPS) is 15.4. The van der Waals surface area contributed by atoms with E-state index in [2.05, 4.69) is 15.3 Å². The SMILES string of the molecule is NCCN(Cc1ccccc1)C(=O)CN1Cc2ccc(-c3nc(NC4CCOCC4)ncc3Cl)cc2C1=O. The van der Waals surface area contributed by atoms with Crippen molar-refractivity contribution in [3.8, 4) is 11.3 Å². The number of nitrogens with two attached hydrogens (primary N) is 1. The average molecular weight is 535 g/mol. The predicted octanol–water partition coefficient (Wildman–Crippen LogP) is 3.33. The molecule has 3 N–H and O–H groups in total. The fourth-order valence-corrected chi connectivity index (χ4v) is 5.01. The molecule has 198 valence electrons. The van der Waals surface area contributed by atoms with Gasteiger partial charge >= 0.3 is 0 Å². The van der Waals surface area contributed by atoms with Crippen LogP contribution in [0.5, 0.6) is 0 Å². The van der Waals surface area contributed by atoms with Gasteiger partial charge in [-0.25, -0.2) is 9.97 Å². The van der Waals surface area contributed by atoms with Crippen LogP contribution >= 0.6 is 11.6 Å². The van der Waals surface area contributed by atoms with Crippen LogP contribution in [0.1, 0.15) is 34.3 Å². The highest BCUT2D eigenvalue weighted by Crippen LogP contribution is 2.31. The van der Waals surface area contributed by atoms with Crippen molar-refractivity contribution in [2.24, 2.45) is 5.73 Å². The lowest BCUT2D eigenvalue weighted by Gasteiger charge is -2.25. The number of fused-ring (bicyclic) bond motifs is 1.